The Balaban J connectivity index is 1.45. The van der Waals surface area contributed by atoms with E-state index in [1.165, 1.54) is 12.0 Å². The Bertz CT molecular complexity index is 1760. The minimum Gasteiger partial charge on any atom is -0.495 e. The van der Waals surface area contributed by atoms with Crippen LogP contribution in [0, 0.1) is 5.92 Å². The van der Waals surface area contributed by atoms with Gasteiger partial charge in [0.05, 0.1) is 49.3 Å². The molecule has 0 bridgehead atoms. The van der Waals surface area contributed by atoms with Gasteiger partial charge < -0.3 is 34.4 Å². The topological polar surface area (TPSA) is 152 Å². The van der Waals surface area contributed by atoms with Crippen LogP contribution >= 0.6 is 7.60 Å². The number of ether oxygens (including phenoxy) is 1. The summed E-state index contributed by atoms with van der Waals surface area (Å²) in [5.74, 6) is -1.99. The highest BCUT2D eigenvalue weighted by Crippen LogP contribution is 2.52. The number of amides is 1. The number of nitrogens with one attached hydrogen (secondary N) is 2. The molecule has 264 valence electrons. The van der Waals surface area contributed by atoms with Crippen LogP contribution in [0.5, 0.6) is 5.75 Å². The molecule has 2 aromatic carbocycles. The zero-order valence-corrected chi connectivity index (χ0v) is 28.5. The highest BCUT2D eigenvalue weighted by Gasteiger charge is 2.38. The Hall–Kier alpha value is -4.20. The van der Waals surface area contributed by atoms with Crippen molar-refractivity contribution in [1.82, 2.24) is 14.9 Å². The zero-order chi connectivity index (χ0) is 35.5. The molecule has 0 radical (unpaired) electrons. The average Bonchev–Trinajstić information content (AvgIpc) is 3.35. The Morgan fingerprint density at radius 3 is 2.35 bits per heavy atom. The fourth-order valence-corrected chi connectivity index (χ4v) is 8.08. The fourth-order valence-electron chi connectivity index (χ4n) is 6.39. The number of carboxylic acid groups (broad SMARTS) is 1. The number of halogens is 3. The Labute approximate surface area is 281 Å². The minimum absolute atomic E-state index is 0.0171. The van der Waals surface area contributed by atoms with E-state index in [0.717, 1.165) is 5.56 Å². The third kappa shape index (κ3) is 8.00. The normalized spacial score (nSPS) is 17.9. The Kier molecular flexibility index (Phi) is 10.9. The number of carbonyl (C=O) groups is 2. The van der Waals surface area contributed by atoms with Crippen LogP contribution in [0.2, 0.25) is 0 Å². The van der Waals surface area contributed by atoms with Gasteiger partial charge in [0, 0.05) is 19.8 Å². The van der Waals surface area contributed by atoms with E-state index >= 15 is 0 Å². The van der Waals surface area contributed by atoms with Crippen LogP contribution in [0.15, 0.2) is 36.5 Å². The Morgan fingerprint density at radius 1 is 1.06 bits per heavy atom. The van der Waals surface area contributed by atoms with Crippen molar-refractivity contribution in [3.63, 3.8) is 0 Å². The maximum atomic E-state index is 14.2. The molecule has 1 aliphatic carbocycles. The standard InChI is InChI=1S/C33H39F3N5O7P/c1-5-47-49(45,48-6-2)18-19-7-13-25(27(15-19)46-4)39-32-37-16-24(33(34,35)36)29(40-32)38-26-14-12-22(23-17-41(3)30(42)28(23)26)20-8-10-21(11-9-20)31(43)44/h7,12-16,20-21H,5-6,8-11,17-18H2,1-4H3,(H,43,44)(H2,37,38,39,40)/t20-,21+. The van der Waals surface area contributed by atoms with E-state index in [-0.39, 0.29) is 60.7 Å². The number of hydrogen-bond acceptors (Lipinski definition) is 10. The number of nitrogens with zero attached hydrogens (tertiary/aromatic N) is 3. The number of anilines is 4. The third-order valence-corrected chi connectivity index (χ3v) is 10.8. The van der Waals surface area contributed by atoms with E-state index in [9.17, 15) is 32.4 Å². The predicted molar refractivity (Wildman–Crippen MR) is 176 cm³/mol. The number of fused-ring (bicyclic) bond motifs is 1. The average molecular weight is 706 g/mol. The number of aromatic nitrogens is 2. The highest BCUT2D eigenvalue weighted by molar-refractivity contribution is 7.53. The van der Waals surface area contributed by atoms with E-state index in [1.807, 2.05) is 0 Å². The summed E-state index contributed by atoms with van der Waals surface area (Å²) in [5, 5.41) is 15.1. The first-order valence-corrected chi connectivity index (χ1v) is 17.7. The van der Waals surface area contributed by atoms with E-state index in [2.05, 4.69) is 20.6 Å². The van der Waals surface area contributed by atoms with Gasteiger partial charge in [0.2, 0.25) is 5.95 Å². The van der Waals surface area contributed by atoms with Crippen molar-refractivity contribution in [1.29, 1.82) is 0 Å². The van der Waals surface area contributed by atoms with Crippen molar-refractivity contribution in [2.75, 3.05) is 38.0 Å². The SMILES string of the molecule is CCOP(=O)(Cc1ccc(Nc2ncc(C(F)(F)F)c(Nc3ccc([C@H]4CC[C@@H](C(=O)O)CC4)c4c3C(=O)N(C)C4)n2)c(OC)c1)OCC. The van der Waals surface area contributed by atoms with Gasteiger partial charge in [-0.3, -0.25) is 14.2 Å². The van der Waals surface area contributed by atoms with Gasteiger partial charge in [-0.1, -0.05) is 12.1 Å². The molecule has 1 fully saturated rings. The molecule has 0 atom stereocenters. The molecule has 1 aliphatic heterocycles. The zero-order valence-electron chi connectivity index (χ0n) is 27.6. The van der Waals surface area contributed by atoms with Crippen LogP contribution < -0.4 is 15.4 Å². The molecule has 16 heteroatoms. The molecule has 0 unspecified atom stereocenters. The van der Waals surface area contributed by atoms with Crippen molar-refractivity contribution in [2.24, 2.45) is 5.92 Å². The summed E-state index contributed by atoms with van der Waals surface area (Å²) in [5.41, 5.74) is 1.82. The summed E-state index contributed by atoms with van der Waals surface area (Å²) in [6.45, 7) is 4.09. The number of carbonyl (C=O) groups excluding carboxylic acids is 1. The molecule has 2 heterocycles. The molecule has 1 saturated carbocycles. The van der Waals surface area contributed by atoms with Crippen molar-refractivity contribution < 1.29 is 46.2 Å². The van der Waals surface area contributed by atoms with Crippen LogP contribution in [0.1, 0.15) is 78.1 Å². The van der Waals surface area contributed by atoms with Gasteiger partial charge in [0.25, 0.3) is 5.91 Å². The van der Waals surface area contributed by atoms with Gasteiger partial charge in [0.1, 0.15) is 17.1 Å². The molecule has 12 nitrogen and oxygen atoms in total. The van der Waals surface area contributed by atoms with Crippen LogP contribution in [-0.2, 0) is 37.3 Å². The van der Waals surface area contributed by atoms with Crippen molar-refractivity contribution in [2.45, 2.75) is 64.3 Å². The van der Waals surface area contributed by atoms with E-state index < -0.39 is 37.0 Å². The molecule has 3 N–H and O–H groups in total. The summed E-state index contributed by atoms with van der Waals surface area (Å²) in [7, 11) is -0.381. The number of hydrogen-bond donors (Lipinski definition) is 3. The molecular weight excluding hydrogens is 666 g/mol. The first kappa shape index (κ1) is 36.1. The van der Waals surface area contributed by atoms with Gasteiger partial charge in [-0.25, -0.2) is 4.98 Å². The second-order valence-electron chi connectivity index (χ2n) is 11.9. The largest absolute Gasteiger partial charge is 0.495 e. The van der Waals surface area contributed by atoms with Crippen LogP contribution in [-0.4, -0.2) is 59.2 Å². The molecule has 2 aliphatic rings. The number of aliphatic carboxylic acids is 1. The third-order valence-electron chi connectivity index (χ3n) is 8.71. The number of methoxy groups -OCH3 is 1. The van der Waals surface area contributed by atoms with Gasteiger partial charge >= 0.3 is 19.7 Å². The summed E-state index contributed by atoms with van der Waals surface area (Å²) >= 11 is 0. The quantitative estimate of drug-likeness (QED) is 0.150. The lowest BCUT2D eigenvalue weighted by Crippen LogP contribution is -2.21. The van der Waals surface area contributed by atoms with E-state index in [1.54, 1.807) is 51.2 Å². The first-order valence-electron chi connectivity index (χ1n) is 15.9. The summed E-state index contributed by atoms with van der Waals surface area (Å²) in [6, 6.07) is 8.23. The molecule has 5 rings (SSSR count). The van der Waals surface area contributed by atoms with Crippen molar-refractivity contribution in [3.8, 4) is 5.75 Å². The lowest BCUT2D eigenvalue weighted by atomic mass is 9.77. The molecule has 49 heavy (non-hydrogen) atoms. The predicted octanol–water partition coefficient (Wildman–Crippen LogP) is 7.70. The fraction of sp³-hybridized carbons (Fsp3) is 0.455. The summed E-state index contributed by atoms with van der Waals surface area (Å²) < 4.78 is 71.9. The lowest BCUT2D eigenvalue weighted by Gasteiger charge is -2.28. The van der Waals surface area contributed by atoms with Gasteiger partial charge in [-0.15, -0.1) is 0 Å². The Morgan fingerprint density at radius 2 is 1.73 bits per heavy atom. The van der Waals surface area contributed by atoms with Crippen molar-refractivity contribution in [3.05, 3.63) is 64.3 Å². The number of benzene rings is 2. The molecule has 0 spiro atoms. The van der Waals surface area contributed by atoms with E-state index in [0.29, 0.717) is 48.7 Å². The maximum Gasteiger partial charge on any atom is 0.421 e. The molecule has 3 aromatic rings. The second kappa shape index (κ2) is 14.7. The molecule has 1 amide bonds. The smallest absolute Gasteiger partial charge is 0.421 e. The van der Waals surface area contributed by atoms with E-state index in [4.69, 9.17) is 13.8 Å². The van der Waals surface area contributed by atoms with Gasteiger partial charge in [-0.2, -0.15) is 18.2 Å². The highest BCUT2D eigenvalue weighted by atomic mass is 31.2. The molecule has 0 saturated heterocycles. The van der Waals surface area contributed by atoms with Gasteiger partial charge in [0.15, 0.2) is 0 Å². The molecule has 1 aromatic heterocycles. The van der Waals surface area contributed by atoms with Crippen LogP contribution in [0.3, 0.4) is 0 Å². The van der Waals surface area contributed by atoms with Crippen LogP contribution in [0.25, 0.3) is 0 Å². The first-order chi connectivity index (χ1) is 23.3. The summed E-state index contributed by atoms with van der Waals surface area (Å²) in [4.78, 5) is 34.4. The van der Waals surface area contributed by atoms with Crippen molar-refractivity contribution >= 4 is 42.6 Å². The lowest BCUT2D eigenvalue weighted by molar-refractivity contribution is -0.143. The number of carboxylic acids is 1. The number of rotatable bonds is 13. The summed E-state index contributed by atoms with van der Waals surface area (Å²) in [6.07, 6.45) is -1.88. The minimum atomic E-state index is -4.82. The maximum absolute atomic E-state index is 14.2. The second-order valence-corrected chi connectivity index (χ2v) is 14.0. The monoisotopic (exact) mass is 705 g/mol. The number of alkyl halides is 3. The van der Waals surface area contributed by atoms with Crippen LogP contribution in [0.4, 0.5) is 36.3 Å². The molecular formula is C33H39F3N5O7P. The van der Waals surface area contributed by atoms with Gasteiger partial charge in [-0.05, 0) is 80.3 Å².